The van der Waals surface area contributed by atoms with Crippen molar-refractivity contribution in [2.45, 2.75) is 6.54 Å². The smallest absolute Gasteiger partial charge is 0.145 e. The van der Waals surface area contributed by atoms with Crippen LogP contribution in [0.15, 0.2) is 63.3 Å². The molecule has 0 atom stereocenters. The third kappa shape index (κ3) is 3.34. The lowest BCUT2D eigenvalue weighted by Crippen LogP contribution is -2.19. The SMILES string of the molecule is N#CC(=C=N)/C(C#N)=C1\NC(=NCc2ccccc2)C(C#N)=C1C#N. The van der Waals surface area contributed by atoms with Crippen LogP contribution in [0.2, 0.25) is 0 Å². The van der Waals surface area contributed by atoms with E-state index in [2.05, 4.69) is 10.3 Å². The molecule has 1 aliphatic heterocycles. The molecule has 25 heavy (non-hydrogen) atoms. The first-order valence-electron chi connectivity index (χ1n) is 6.95. The van der Waals surface area contributed by atoms with E-state index in [-0.39, 0.29) is 40.4 Å². The van der Waals surface area contributed by atoms with E-state index < -0.39 is 0 Å². The van der Waals surface area contributed by atoms with Crippen molar-refractivity contribution in [3.8, 4) is 24.3 Å². The van der Waals surface area contributed by atoms with E-state index in [1.165, 1.54) is 0 Å². The second-order valence-corrected chi connectivity index (χ2v) is 4.72. The number of nitrogens with one attached hydrogen (secondary N) is 2. The van der Waals surface area contributed by atoms with Gasteiger partial charge in [0, 0.05) is 0 Å². The minimum Gasteiger partial charge on any atom is -0.337 e. The second kappa shape index (κ2) is 7.73. The van der Waals surface area contributed by atoms with Crippen molar-refractivity contribution in [1.82, 2.24) is 5.32 Å². The molecule has 0 fully saturated rings. The lowest BCUT2D eigenvalue weighted by atomic mass is 10.0. The highest BCUT2D eigenvalue weighted by Crippen LogP contribution is 2.26. The summed E-state index contributed by atoms with van der Waals surface area (Å²) in [5.74, 6) is 2.01. The Balaban J connectivity index is 2.56. The number of hydrogen-bond donors (Lipinski definition) is 2. The Kier molecular flexibility index (Phi) is 5.24. The maximum Gasteiger partial charge on any atom is 0.145 e. The van der Waals surface area contributed by atoms with Gasteiger partial charge in [0.05, 0.1) is 17.8 Å². The summed E-state index contributed by atoms with van der Waals surface area (Å²) in [5.41, 5.74) is 0.232. The maximum atomic E-state index is 9.36. The third-order valence-electron chi connectivity index (χ3n) is 3.31. The standard InChI is InChI=1S/C18H9N7/c19-6-13(7-20)14(8-21)17-15(9-22)16(10-23)18(25-17)24-11-12-4-2-1-3-5-12/h1-5,19H,11H2,(H,24,25)/b17-14-. The van der Waals surface area contributed by atoms with Gasteiger partial charge < -0.3 is 5.32 Å². The Morgan fingerprint density at radius 1 is 1.00 bits per heavy atom. The predicted octanol–water partition coefficient (Wildman–Crippen LogP) is 2.01. The largest absolute Gasteiger partial charge is 0.337 e. The Hall–Kier alpha value is -4.42. The monoisotopic (exact) mass is 323 g/mol. The highest BCUT2D eigenvalue weighted by Gasteiger charge is 2.29. The van der Waals surface area contributed by atoms with Gasteiger partial charge in [-0.2, -0.15) is 21.0 Å². The molecule has 0 aromatic heterocycles. The highest BCUT2D eigenvalue weighted by atomic mass is 15.0. The fourth-order valence-corrected chi connectivity index (χ4v) is 2.15. The Morgan fingerprint density at radius 2 is 1.68 bits per heavy atom. The van der Waals surface area contributed by atoms with Gasteiger partial charge in [0.15, 0.2) is 0 Å². The normalized spacial score (nSPS) is 15.9. The number of rotatable bonds is 3. The van der Waals surface area contributed by atoms with Crippen molar-refractivity contribution in [2.75, 3.05) is 0 Å². The number of aliphatic imine (C=N–C) groups is 1. The second-order valence-electron chi connectivity index (χ2n) is 4.72. The van der Waals surface area contributed by atoms with Crippen LogP contribution >= 0.6 is 0 Å². The van der Waals surface area contributed by atoms with Gasteiger partial charge in [0.2, 0.25) is 0 Å². The van der Waals surface area contributed by atoms with E-state index in [9.17, 15) is 15.8 Å². The van der Waals surface area contributed by atoms with Crippen LogP contribution in [0, 0.1) is 50.7 Å². The molecule has 2 rings (SSSR count). The summed E-state index contributed by atoms with van der Waals surface area (Å²) in [5, 5.41) is 46.9. The minimum absolute atomic E-state index is 0.00957. The molecule has 2 N–H and O–H groups in total. The van der Waals surface area contributed by atoms with Crippen molar-refractivity contribution in [3.63, 3.8) is 0 Å². The van der Waals surface area contributed by atoms with Crippen LogP contribution in [-0.4, -0.2) is 11.7 Å². The number of amidine groups is 1. The Morgan fingerprint density at radius 3 is 2.20 bits per heavy atom. The summed E-state index contributed by atoms with van der Waals surface area (Å²) >= 11 is 0. The Bertz CT molecular complexity index is 1020. The van der Waals surface area contributed by atoms with E-state index in [0.717, 1.165) is 5.56 Å². The van der Waals surface area contributed by atoms with Gasteiger partial charge >= 0.3 is 0 Å². The van der Waals surface area contributed by atoms with Crippen molar-refractivity contribution < 1.29 is 0 Å². The van der Waals surface area contributed by atoms with E-state index in [0.29, 0.717) is 0 Å². The topological polar surface area (TPSA) is 143 Å². The van der Waals surface area contributed by atoms with Gasteiger partial charge in [-0.15, -0.1) is 0 Å². The first kappa shape index (κ1) is 16.9. The van der Waals surface area contributed by atoms with Crippen LogP contribution < -0.4 is 5.32 Å². The number of nitrogens with zero attached hydrogens (tertiary/aromatic N) is 5. The van der Waals surface area contributed by atoms with E-state index in [4.69, 9.17) is 10.7 Å². The van der Waals surface area contributed by atoms with Gasteiger partial charge in [-0.1, -0.05) is 30.3 Å². The molecule has 1 heterocycles. The molecule has 0 saturated heterocycles. The molecule has 0 radical (unpaired) electrons. The fourth-order valence-electron chi connectivity index (χ4n) is 2.15. The summed E-state index contributed by atoms with van der Waals surface area (Å²) in [4.78, 5) is 4.29. The number of hydrogen-bond acceptors (Lipinski definition) is 6. The van der Waals surface area contributed by atoms with Crippen molar-refractivity contribution in [1.29, 1.82) is 26.5 Å². The minimum atomic E-state index is -0.334. The first-order valence-corrected chi connectivity index (χ1v) is 6.95. The first-order chi connectivity index (χ1) is 12.2. The van der Waals surface area contributed by atoms with Gasteiger partial charge in [-0.05, 0) is 11.4 Å². The molecule has 0 unspecified atom stereocenters. The Labute approximate surface area is 143 Å². The average Bonchev–Trinajstić information content (AvgIpc) is 3.02. The molecule has 0 saturated carbocycles. The average molecular weight is 323 g/mol. The van der Waals surface area contributed by atoms with Gasteiger partial charge in [0.1, 0.15) is 46.8 Å². The summed E-state index contributed by atoms with van der Waals surface area (Å²) in [7, 11) is 0. The van der Waals surface area contributed by atoms with Crippen LogP contribution in [0.5, 0.6) is 0 Å². The third-order valence-corrected chi connectivity index (χ3v) is 3.31. The van der Waals surface area contributed by atoms with Gasteiger partial charge in [-0.25, -0.2) is 0 Å². The maximum absolute atomic E-state index is 9.36. The molecule has 7 heteroatoms. The molecule has 0 aliphatic carbocycles. The predicted molar refractivity (Wildman–Crippen MR) is 88.5 cm³/mol. The van der Waals surface area contributed by atoms with Crippen molar-refractivity contribution >= 4 is 11.7 Å². The van der Waals surface area contributed by atoms with E-state index >= 15 is 0 Å². The zero-order valence-electron chi connectivity index (χ0n) is 12.8. The highest BCUT2D eigenvalue weighted by molar-refractivity contribution is 6.09. The lowest BCUT2D eigenvalue weighted by Gasteiger charge is -2.04. The summed E-state index contributed by atoms with van der Waals surface area (Å²) in [6.45, 7) is 0.272. The molecule has 1 aromatic carbocycles. The van der Waals surface area contributed by atoms with Crippen LogP contribution in [-0.2, 0) is 6.54 Å². The summed E-state index contributed by atoms with van der Waals surface area (Å²) in [6, 6.07) is 16.5. The number of allylic oxidation sites excluding steroid dienone is 3. The van der Waals surface area contributed by atoms with Crippen LogP contribution in [0.1, 0.15) is 5.56 Å². The quantitative estimate of drug-likeness (QED) is 0.645. The molecule has 0 bridgehead atoms. The van der Waals surface area contributed by atoms with Crippen LogP contribution in [0.25, 0.3) is 0 Å². The zero-order valence-corrected chi connectivity index (χ0v) is 12.8. The molecular formula is C18H9N7. The zero-order chi connectivity index (χ0) is 18.2. The lowest BCUT2D eigenvalue weighted by molar-refractivity contribution is 1.04. The van der Waals surface area contributed by atoms with E-state index in [1.807, 2.05) is 48.3 Å². The fraction of sp³-hybridized carbons (Fsp3) is 0.0556. The molecular weight excluding hydrogens is 314 g/mol. The van der Waals surface area contributed by atoms with Gasteiger partial charge in [0.25, 0.3) is 0 Å². The molecule has 116 valence electrons. The molecule has 0 spiro atoms. The van der Waals surface area contributed by atoms with Crippen molar-refractivity contribution in [3.05, 3.63) is 63.9 Å². The van der Waals surface area contributed by atoms with Crippen LogP contribution in [0.3, 0.4) is 0 Å². The summed E-state index contributed by atoms with van der Waals surface area (Å²) in [6.07, 6.45) is 0. The van der Waals surface area contributed by atoms with Gasteiger partial charge in [-0.3, -0.25) is 10.4 Å². The molecule has 1 aliphatic rings. The molecule has 1 aromatic rings. The van der Waals surface area contributed by atoms with Crippen LogP contribution in [0.4, 0.5) is 0 Å². The van der Waals surface area contributed by atoms with E-state index in [1.54, 1.807) is 12.1 Å². The molecule has 7 nitrogen and oxygen atoms in total. The summed E-state index contributed by atoms with van der Waals surface area (Å²) < 4.78 is 0. The van der Waals surface area contributed by atoms with Crippen molar-refractivity contribution in [2.24, 2.45) is 4.99 Å². The molecule has 0 amide bonds. The number of nitriles is 4. The number of benzene rings is 1.